The maximum Gasteiger partial charge on any atom is 0.185 e. The Labute approximate surface area is 493 Å². The van der Waals surface area contributed by atoms with Crippen molar-refractivity contribution in [2.75, 3.05) is 36.0 Å². The molecule has 10 heteroatoms. The monoisotopic (exact) mass is 1150 g/mol. The van der Waals surface area contributed by atoms with Crippen LogP contribution in [0.2, 0.25) is 0 Å². The molecule has 3 aliphatic carbocycles. The predicted molar refractivity (Wildman–Crippen MR) is 348 cm³/mol. The Hall–Kier alpha value is -3.90. The molecule has 6 aromatic heterocycles. The third-order valence-corrected chi connectivity index (χ3v) is 23.8. The first kappa shape index (κ1) is 58.7. The van der Waals surface area contributed by atoms with Crippen LogP contribution in [0, 0.1) is 21.7 Å². The van der Waals surface area contributed by atoms with Gasteiger partial charge in [-0.1, -0.05) is 161 Å². The van der Waals surface area contributed by atoms with Crippen molar-refractivity contribution in [1.29, 1.82) is 0 Å². The molecule has 0 atom stereocenters. The van der Waals surface area contributed by atoms with Crippen molar-refractivity contribution >= 4 is 89.6 Å². The van der Waals surface area contributed by atoms with Crippen LogP contribution in [0.3, 0.4) is 0 Å². The van der Waals surface area contributed by atoms with Gasteiger partial charge in [0, 0.05) is 97.2 Å². The van der Waals surface area contributed by atoms with Gasteiger partial charge in [0.25, 0.3) is 0 Å². The third-order valence-electron chi connectivity index (χ3n) is 16.0. The summed E-state index contributed by atoms with van der Waals surface area (Å²) in [5.41, 5.74) is 2.25. The van der Waals surface area contributed by atoms with Gasteiger partial charge in [0.2, 0.25) is 0 Å². The molecule has 6 heterocycles. The quantitative estimate of drug-likeness (QED) is 0.0860. The Kier molecular flexibility index (Phi) is 16.9. The van der Waals surface area contributed by atoms with Crippen molar-refractivity contribution < 1.29 is 9.59 Å². The molecule has 416 valence electrons. The molecule has 0 radical (unpaired) electrons. The number of hydrogen-bond acceptors (Lipinski definition) is 10. The summed E-state index contributed by atoms with van der Waals surface area (Å²) in [7, 11) is 0. The summed E-state index contributed by atoms with van der Waals surface area (Å²) in [6.07, 6.45) is 19.1. The van der Waals surface area contributed by atoms with Crippen LogP contribution >= 0.6 is 68.0 Å². The smallest absolute Gasteiger partial charge is 0.185 e. The van der Waals surface area contributed by atoms with Crippen LogP contribution in [0.5, 0.6) is 0 Å². The number of ketones is 2. The van der Waals surface area contributed by atoms with Crippen LogP contribution in [-0.4, -0.2) is 37.7 Å². The number of carbonyl (C=O) groups is 2. The number of carbonyl (C=O) groups excluding carboxylic acids is 2. The van der Waals surface area contributed by atoms with Crippen LogP contribution in [-0.2, 0) is 20.4 Å². The minimum absolute atomic E-state index is 0.126. The van der Waals surface area contributed by atoms with E-state index in [1.807, 2.05) is 68.0 Å². The topological polar surface area (TPSA) is 40.6 Å². The van der Waals surface area contributed by atoms with Gasteiger partial charge in [0.1, 0.15) is 0 Å². The number of unbranched alkanes of at least 4 members (excludes halogenated alkanes) is 4. The van der Waals surface area contributed by atoms with E-state index in [4.69, 9.17) is 0 Å². The van der Waals surface area contributed by atoms with Crippen LogP contribution in [0.1, 0.15) is 172 Å². The second-order valence-electron chi connectivity index (χ2n) is 26.3. The fourth-order valence-corrected chi connectivity index (χ4v) is 18.7. The lowest BCUT2D eigenvalue weighted by atomic mass is 9.49. The van der Waals surface area contributed by atoms with Crippen LogP contribution in [0.25, 0.3) is 50.1 Å². The van der Waals surface area contributed by atoms with Crippen molar-refractivity contribution in [2.24, 2.45) is 21.7 Å². The standard InChI is InChI=1S/C68H86N2O2S6/c1-17-21-33-69(34-22-18-2)57-31-29-51(75-57)49-25-27-53(73-49)55-37-43-44-38-56(54-28-26-50(74-54)52-30-32-58(76-52)70(35-23-19-3)36-24-20-4)78-62(44)68(41-47(65(11,12)13)60(72)48(42-68)66(14,15)16)67(61(43)77-55)39-45(63(5,6)7)59(71)46(40-67)64(8,9)10/h25-32,37-42H,17-24,33-36H2,1-16H3. The molecule has 0 aromatic carbocycles. The van der Waals surface area contributed by atoms with Gasteiger partial charge in [-0.05, 0) is 119 Å². The molecule has 6 aromatic rings. The van der Waals surface area contributed by atoms with E-state index in [-0.39, 0.29) is 11.6 Å². The van der Waals surface area contributed by atoms with Crippen molar-refractivity contribution in [1.82, 2.24) is 0 Å². The zero-order valence-electron chi connectivity index (χ0n) is 49.7. The van der Waals surface area contributed by atoms with Gasteiger partial charge in [0.15, 0.2) is 11.6 Å². The molecule has 0 saturated heterocycles. The lowest BCUT2D eigenvalue weighted by Gasteiger charge is -2.53. The van der Waals surface area contributed by atoms with E-state index in [9.17, 15) is 0 Å². The summed E-state index contributed by atoms with van der Waals surface area (Å²) in [6, 6.07) is 23.7. The molecule has 0 unspecified atom stereocenters. The Balaban J connectivity index is 1.30. The normalized spacial score (nSPS) is 16.4. The number of fused-ring (bicyclic) bond motifs is 6. The Bertz CT molecular complexity index is 2990. The molecule has 2 spiro atoms. The van der Waals surface area contributed by atoms with Gasteiger partial charge >= 0.3 is 0 Å². The summed E-state index contributed by atoms with van der Waals surface area (Å²) in [6.45, 7) is 39.9. The van der Waals surface area contributed by atoms with Crippen LogP contribution in [0.15, 0.2) is 107 Å². The Morgan fingerprint density at radius 3 is 0.885 bits per heavy atom. The van der Waals surface area contributed by atoms with Gasteiger partial charge in [-0.25, -0.2) is 0 Å². The van der Waals surface area contributed by atoms with Gasteiger partial charge in [-0.15, -0.1) is 68.0 Å². The maximum atomic E-state index is 15.3. The summed E-state index contributed by atoms with van der Waals surface area (Å²) in [4.78, 5) is 48.5. The van der Waals surface area contributed by atoms with Gasteiger partial charge in [0.05, 0.1) is 20.8 Å². The highest BCUT2D eigenvalue weighted by Gasteiger charge is 2.61. The average Bonchev–Trinajstić information content (AvgIpc) is 2.42. The van der Waals surface area contributed by atoms with Crippen LogP contribution < -0.4 is 9.80 Å². The molecule has 0 N–H and O–H groups in total. The average molecular weight is 1160 g/mol. The molecule has 0 amide bonds. The number of Topliss-reactive ketones (excluding diaryl/α,β-unsaturated/α-hetero) is 2. The third kappa shape index (κ3) is 11.1. The number of nitrogens with zero attached hydrogens (tertiary/aromatic N) is 2. The number of rotatable bonds is 18. The van der Waals surface area contributed by atoms with Gasteiger partial charge in [-0.2, -0.15) is 0 Å². The van der Waals surface area contributed by atoms with Gasteiger partial charge in [-0.3, -0.25) is 9.59 Å². The molecule has 0 bridgehead atoms. The maximum absolute atomic E-state index is 15.3. The van der Waals surface area contributed by atoms with Crippen molar-refractivity contribution in [3.63, 3.8) is 0 Å². The molecule has 78 heavy (non-hydrogen) atoms. The highest BCUT2D eigenvalue weighted by Crippen LogP contribution is 2.68. The minimum atomic E-state index is -0.855. The minimum Gasteiger partial charge on any atom is -0.363 e. The number of allylic oxidation sites excluding steroid dienone is 8. The predicted octanol–water partition coefficient (Wildman–Crippen LogP) is 21.7. The zero-order chi connectivity index (χ0) is 56.3. The van der Waals surface area contributed by atoms with E-state index in [2.05, 4.69) is 206 Å². The van der Waals surface area contributed by atoms with Crippen molar-refractivity contribution in [3.05, 3.63) is 117 Å². The van der Waals surface area contributed by atoms with E-state index in [0.717, 1.165) is 48.5 Å². The summed E-state index contributed by atoms with van der Waals surface area (Å²) in [5.74, 6) is 0.253. The fourth-order valence-electron chi connectivity index (χ4n) is 11.5. The number of hydrogen-bond donors (Lipinski definition) is 0. The van der Waals surface area contributed by atoms with Gasteiger partial charge < -0.3 is 9.80 Å². The van der Waals surface area contributed by atoms with Crippen molar-refractivity contribution in [2.45, 2.75) is 173 Å². The molecular weight excluding hydrogens is 1070 g/mol. The first-order chi connectivity index (χ1) is 36.8. The molecule has 3 aliphatic rings. The SMILES string of the molecule is CCCCN(CCCC)c1ccc(-c2ccc(-c3cc4c(s3)C3(C=C(C(C)(C)C)C(=O)C(C(C)(C)C)=C3)C3(C=C(C(C)(C)C)C(=O)C(C(C)(C)C)=C3)c3sc(-c5ccc(-c6ccc(N(CCCC)CCCC)s6)s5)cc3-4)s2)s1. The van der Waals surface area contributed by atoms with E-state index in [1.54, 1.807) is 0 Å². The molecule has 9 rings (SSSR count). The lowest BCUT2D eigenvalue weighted by molar-refractivity contribution is -0.115. The first-order valence-electron chi connectivity index (χ1n) is 29.0. The van der Waals surface area contributed by atoms with Crippen LogP contribution in [0.4, 0.5) is 10.0 Å². The summed E-state index contributed by atoms with van der Waals surface area (Å²) < 4.78 is 0. The van der Waals surface area contributed by atoms with E-state index in [0.29, 0.717) is 0 Å². The first-order valence-corrected chi connectivity index (χ1v) is 33.9. The highest BCUT2D eigenvalue weighted by molar-refractivity contribution is 7.28. The highest BCUT2D eigenvalue weighted by atomic mass is 32.1. The number of thiophene rings is 6. The second kappa shape index (κ2) is 22.5. The Morgan fingerprint density at radius 1 is 0.359 bits per heavy atom. The zero-order valence-corrected chi connectivity index (χ0v) is 54.6. The fraction of sp³-hybridized carbons (Fsp3) is 0.500. The van der Waals surface area contributed by atoms with Crippen molar-refractivity contribution in [3.8, 4) is 50.1 Å². The lowest BCUT2D eigenvalue weighted by Crippen LogP contribution is -2.52. The van der Waals surface area contributed by atoms with E-state index in [1.165, 1.54) is 121 Å². The molecule has 0 aliphatic heterocycles. The Morgan fingerprint density at radius 2 is 0.615 bits per heavy atom. The summed E-state index contributed by atoms with van der Waals surface area (Å²) >= 11 is 11.4. The van der Waals surface area contributed by atoms with E-state index < -0.39 is 32.5 Å². The largest absolute Gasteiger partial charge is 0.363 e. The number of anilines is 2. The van der Waals surface area contributed by atoms with E-state index >= 15 is 9.59 Å². The summed E-state index contributed by atoms with van der Waals surface area (Å²) in [5, 5.41) is 2.73. The molecule has 4 nitrogen and oxygen atoms in total. The second-order valence-corrected chi connectivity index (χ2v) is 32.7. The molecule has 0 fully saturated rings. The molecule has 0 saturated carbocycles. The molecular formula is C68H86N2O2S6.